The number of nitrogens with zero attached hydrogens (tertiary/aromatic N) is 8. The van der Waals surface area contributed by atoms with E-state index in [1.807, 2.05) is 48.1 Å². The predicted octanol–water partition coefficient (Wildman–Crippen LogP) is 2.53. The summed E-state index contributed by atoms with van der Waals surface area (Å²) in [5.41, 5.74) is 3.94. The van der Waals surface area contributed by atoms with Crippen LogP contribution in [0.25, 0.3) is 16.8 Å². The molecule has 1 saturated heterocycles. The zero-order valence-electron chi connectivity index (χ0n) is 18.2. The van der Waals surface area contributed by atoms with Crippen LogP contribution in [0.2, 0.25) is 0 Å². The number of pyridine rings is 2. The Morgan fingerprint density at radius 2 is 2.09 bits per heavy atom. The van der Waals surface area contributed by atoms with Gasteiger partial charge in [0, 0.05) is 31.0 Å². The lowest BCUT2D eigenvalue weighted by atomic mass is 10.0. The molecule has 0 spiro atoms. The lowest BCUT2D eigenvalue weighted by Crippen LogP contribution is -2.31. The Bertz CT molecular complexity index is 1290. The molecule has 10 nitrogen and oxygen atoms in total. The molecule has 33 heavy (non-hydrogen) atoms. The molecule has 0 radical (unpaired) electrons. The fourth-order valence-corrected chi connectivity index (χ4v) is 4.30. The van der Waals surface area contributed by atoms with Gasteiger partial charge in [0.1, 0.15) is 17.0 Å². The molecule has 5 heterocycles. The summed E-state index contributed by atoms with van der Waals surface area (Å²) >= 11 is 0. The van der Waals surface area contributed by atoms with Crippen molar-refractivity contribution >= 4 is 5.52 Å². The van der Waals surface area contributed by atoms with Gasteiger partial charge in [0.2, 0.25) is 0 Å². The molecule has 1 fully saturated rings. The molecule has 10 heteroatoms. The second kappa shape index (κ2) is 8.88. The number of likely N-dealkylation sites (tertiary alicyclic amines) is 1. The predicted molar refractivity (Wildman–Crippen MR) is 119 cm³/mol. The van der Waals surface area contributed by atoms with Crippen molar-refractivity contribution in [3.63, 3.8) is 0 Å². The van der Waals surface area contributed by atoms with Crippen molar-refractivity contribution in [3.8, 4) is 23.2 Å². The number of aliphatic hydroxyl groups is 1. The molecular weight excluding hydrogens is 420 g/mol. The van der Waals surface area contributed by atoms with E-state index >= 15 is 0 Å². The van der Waals surface area contributed by atoms with Crippen molar-refractivity contribution < 1.29 is 9.84 Å². The second-order valence-corrected chi connectivity index (χ2v) is 8.08. The highest BCUT2D eigenvalue weighted by atomic mass is 16.5. The molecule has 1 atom stereocenters. The van der Waals surface area contributed by atoms with E-state index in [0.717, 1.165) is 48.4 Å². The van der Waals surface area contributed by atoms with Gasteiger partial charge in [0.15, 0.2) is 12.3 Å². The topological polar surface area (TPSA) is 117 Å². The largest absolute Gasteiger partial charge is 0.479 e. The number of fused-ring (bicyclic) bond motifs is 1. The van der Waals surface area contributed by atoms with Gasteiger partial charge in [-0.3, -0.25) is 4.98 Å². The number of aromatic nitrogens is 6. The minimum atomic E-state index is -0.609. The van der Waals surface area contributed by atoms with Crippen LogP contribution in [-0.4, -0.2) is 59.3 Å². The van der Waals surface area contributed by atoms with E-state index in [9.17, 15) is 5.11 Å². The minimum absolute atomic E-state index is 0.210. The molecule has 168 valence electrons. The molecule has 1 N–H and O–H groups in total. The molecule has 0 amide bonds. The molecule has 1 aliphatic rings. The third kappa shape index (κ3) is 3.99. The van der Waals surface area contributed by atoms with Crippen molar-refractivity contribution in [2.45, 2.75) is 31.9 Å². The Morgan fingerprint density at radius 1 is 1.24 bits per heavy atom. The van der Waals surface area contributed by atoms with Gasteiger partial charge in [0.25, 0.3) is 0 Å². The highest BCUT2D eigenvalue weighted by Crippen LogP contribution is 2.33. The number of ether oxygens (including phenoxy) is 1. The first kappa shape index (κ1) is 20.9. The molecule has 0 unspecified atom stereocenters. The smallest absolute Gasteiger partial charge is 0.179 e. The monoisotopic (exact) mass is 444 g/mol. The van der Waals surface area contributed by atoms with E-state index in [1.54, 1.807) is 21.8 Å². The summed E-state index contributed by atoms with van der Waals surface area (Å²) in [7, 11) is 0. The fraction of sp³-hybridized carbons (Fsp3) is 0.348. The molecule has 0 bridgehead atoms. The standard InChI is InChI=1S/C23H24N8O2/c1-16-23(27-28-31(16)18-6-10-29(15-24)11-7-18)17-12-21(20-5-9-26-30(20)13-17)33-22(14-32)19-4-2-3-8-25-19/h2-5,8-9,12-13,18,22,32H,6-7,10-11,14H2,1H3/t22-/m1/s1. The van der Waals surface area contributed by atoms with Gasteiger partial charge in [0.05, 0.1) is 30.2 Å². The van der Waals surface area contributed by atoms with Crippen molar-refractivity contribution in [3.05, 3.63) is 60.3 Å². The summed E-state index contributed by atoms with van der Waals surface area (Å²) < 4.78 is 9.90. The summed E-state index contributed by atoms with van der Waals surface area (Å²) in [5, 5.41) is 32.3. The van der Waals surface area contributed by atoms with E-state index in [1.165, 1.54) is 0 Å². The van der Waals surface area contributed by atoms with Crippen molar-refractivity contribution in [2.75, 3.05) is 19.7 Å². The van der Waals surface area contributed by atoms with E-state index in [2.05, 4.69) is 26.6 Å². The summed E-state index contributed by atoms with van der Waals surface area (Å²) in [5.74, 6) is 0.575. The normalized spacial score (nSPS) is 15.5. The lowest BCUT2D eigenvalue weighted by Gasteiger charge is -2.28. The Kier molecular flexibility index (Phi) is 5.62. The molecular formula is C23H24N8O2. The number of rotatable bonds is 6. The van der Waals surface area contributed by atoms with Gasteiger partial charge in [-0.2, -0.15) is 10.4 Å². The van der Waals surface area contributed by atoms with Gasteiger partial charge in [-0.25, -0.2) is 9.20 Å². The highest BCUT2D eigenvalue weighted by molar-refractivity contribution is 5.70. The van der Waals surface area contributed by atoms with Crippen LogP contribution in [0.15, 0.2) is 48.9 Å². The molecule has 4 aromatic heterocycles. The summed E-state index contributed by atoms with van der Waals surface area (Å²) in [6.07, 6.45) is 8.59. The molecule has 5 rings (SSSR count). The van der Waals surface area contributed by atoms with Crippen molar-refractivity contribution in [1.29, 1.82) is 5.26 Å². The zero-order chi connectivity index (χ0) is 22.8. The Morgan fingerprint density at radius 3 is 2.82 bits per heavy atom. The number of hydrogen-bond acceptors (Lipinski definition) is 8. The Labute approximate surface area is 190 Å². The van der Waals surface area contributed by atoms with Crippen LogP contribution in [0.4, 0.5) is 0 Å². The molecule has 0 aliphatic carbocycles. The Hall–Kier alpha value is -3.97. The van der Waals surface area contributed by atoms with Crippen LogP contribution in [0.1, 0.15) is 36.4 Å². The lowest BCUT2D eigenvalue weighted by molar-refractivity contribution is 0.114. The van der Waals surface area contributed by atoms with Crippen LogP contribution in [0.3, 0.4) is 0 Å². The third-order valence-corrected chi connectivity index (χ3v) is 6.08. The maximum atomic E-state index is 9.94. The average molecular weight is 444 g/mol. The van der Waals surface area contributed by atoms with Crippen molar-refractivity contribution in [1.82, 2.24) is 34.5 Å². The van der Waals surface area contributed by atoms with E-state index in [0.29, 0.717) is 11.4 Å². The summed E-state index contributed by atoms with van der Waals surface area (Å²) in [4.78, 5) is 6.09. The summed E-state index contributed by atoms with van der Waals surface area (Å²) in [6.45, 7) is 3.24. The molecule has 0 saturated carbocycles. The summed E-state index contributed by atoms with van der Waals surface area (Å²) in [6, 6.07) is 9.49. The average Bonchev–Trinajstić information content (AvgIpc) is 3.49. The van der Waals surface area contributed by atoms with Crippen LogP contribution in [0.5, 0.6) is 5.75 Å². The molecule has 1 aliphatic heterocycles. The van der Waals surface area contributed by atoms with Gasteiger partial charge in [-0.1, -0.05) is 11.3 Å². The first-order valence-electron chi connectivity index (χ1n) is 10.9. The van der Waals surface area contributed by atoms with Crippen LogP contribution >= 0.6 is 0 Å². The van der Waals surface area contributed by atoms with Gasteiger partial charge < -0.3 is 14.7 Å². The minimum Gasteiger partial charge on any atom is -0.479 e. The maximum absolute atomic E-state index is 9.94. The van der Waals surface area contributed by atoms with Gasteiger partial charge in [-0.05, 0) is 44.0 Å². The first-order chi connectivity index (χ1) is 16.2. The SMILES string of the molecule is Cc1c(-c2cc(O[C@H](CO)c3ccccn3)c3ccnn3c2)nnn1C1CCN(C#N)CC1. The quantitative estimate of drug-likeness (QED) is 0.451. The molecule has 0 aromatic carbocycles. The molecule has 4 aromatic rings. The second-order valence-electron chi connectivity index (χ2n) is 8.08. The number of piperidine rings is 1. The van der Waals surface area contributed by atoms with Crippen LogP contribution in [-0.2, 0) is 0 Å². The number of aliphatic hydroxyl groups excluding tert-OH is 1. The van der Waals surface area contributed by atoms with Crippen LogP contribution in [0, 0.1) is 18.4 Å². The van der Waals surface area contributed by atoms with E-state index in [4.69, 9.17) is 10.00 Å². The van der Waals surface area contributed by atoms with Crippen LogP contribution < -0.4 is 4.74 Å². The van der Waals surface area contributed by atoms with Gasteiger partial charge >= 0.3 is 0 Å². The number of nitriles is 1. The van der Waals surface area contributed by atoms with Gasteiger partial charge in [-0.15, -0.1) is 5.10 Å². The number of hydrogen-bond donors (Lipinski definition) is 1. The third-order valence-electron chi connectivity index (χ3n) is 6.08. The first-order valence-corrected chi connectivity index (χ1v) is 10.9. The fourth-order valence-electron chi connectivity index (χ4n) is 4.30. The Balaban J connectivity index is 1.48. The maximum Gasteiger partial charge on any atom is 0.179 e. The zero-order valence-corrected chi connectivity index (χ0v) is 18.2. The van der Waals surface area contributed by atoms with E-state index in [-0.39, 0.29) is 12.6 Å². The van der Waals surface area contributed by atoms with E-state index < -0.39 is 6.10 Å². The van der Waals surface area contributed by atoms with Crippen molar-refractivity contribution in [2.24, 2.45) is 0 Å². The highest BCUT2D eigenvalue weighted by Gasteiger charge is 2.24.